The van der Waals surface area contributed by atoms with Crippen molar-refractivity contribution in [1.29, 1.82) is 0 Å². The summed E-state index contributed by atoms with van der Waals surface area (Å²) in [6.07, 6.45) is 3.14. The van der Waals surface area contributed by atoms with Crippen LogP contribution in [0.15, 0.2) is 34.9 Å². The smallest absolute Gasteiger partial charge is 0.147 e. The number of nitrogens with zero attached hydrogens (tertiary/aromatic N) is 1. The van der Waals surface area contributed by atoms with Crippen LogP contribution in [-0.4, -0.2) is 11.9 Å². The second-order valence-electron chi connectivity index (χ2n) is 2.10. The zero-order valence-corrected chi connectivity index (χ0v) is 7.15. The van der Waals surface area contributed by atoms with Crippen LogP contribution in [0.1, 0.15) is 0 Å². The van der Waals surface area contributed by atoms with Crippen molar-refractivity contribution in [2.75, 3.05) is 7.05 Å². The third-order valence-electron chi connectivity index (χ3n) is 1.21. The molecule has 0 unspecified atom stereocenters. The Labute approximate surface area is 67.6 Å². The van der Waals surface area contributed by atoms with Gasteiger partial charge in [-0.1, -0.05) is 6.58 Å². The van der Waals surface area contributed by atoms with E-state index in [1.807, 2.05) is 0 Å². The van der Waals surface area contributed by atoms with E-state index in [1.165, 1.54) is 6.20 Å². The first-order valence-corrected chi connectivity index (χ1v) is 3.57. The van der Waals surface area contributed by atoms with Crippen molar-refractivity contribution in [1.82, 2.24) is 4.90 Å². The Morgan fingerprint density at radius 1 is 1.60 bits per heavy atom. The summed E-state index contributed by atoms with van der Waals surface area (Å²) in [6.45, 7) is 3.53. The van der Waals surface area contributed by atoms with Gasteiger partial charge in [-0.25, -0.2) is 4.39 Å². The van der Waals surface area contributed by atoms with Crippen LogP contribution in [0.2, 0.25) is 0 Å². The van der Waals surface area contributed by atoms with Crippen LogP contribution in [-0.2, 0) is 0 Å². The fraction of sp³-hybridized carbons (Fsp3) is 0.143. The lowest BCUT2D eigenvalue weighted by Gasteiger charge is -2.15. The van der Waals surface area contributed by atoms with Crippen molar-refractivity contribution in [2.24, 2.45) is 0 Å². The molecule has 1 aliphatic rings. The Kier molecular flexibility index (Phi) is 1.94. The van der Waals surface area contributed by atoms with Crippen molar-refractivity contribution >= 4 is 15.9 Å². The van der Waals surface area contributed by atoms with Gasteiger partial charge in [-0.05, 0) is 15.9 Å². The highest BCUT2D eigenvalue weighted by atomic mass is 79.9. The first-order chi connectivity index (χ1) is 4.61. The Morgan fingerprint density at radius 3 is 2.70 bits per heavy atom. The van der Waals surface area contributed by atoms with Gasteiger partial charge in [0.2, 0.25) is 0 Å². The third kappa shape index (κ3) is 1.29. The fourth-order valence-electron chi connectivity index (χ4n) is 0.665. The highest BCUT2D eigenvalue weighted by molar-refractivity contribution is 9.12. The van der Waals surface area contributed by atoms with E-state index in [-0.39, 0.29) is 5.83 Å². The molecule has 1 rings (SSSR count). The van der Waals surface area contributed by atoms with Gasteiger partial charge in [0.25, 0.3) is 0 Å². The summed E-state index contributed by atoms with van der Waals surface area (Å²) >= 11 is 3.17. The van der Waals surface area contributed by atoms with Crippen LogP contribution in [0.25, 0.3) is 0 Å². The minimum atomic E-state index is -0.295. The van der Waals surface area contributed by atoms with E-state index in [0.717, 1.165) is 0 Å². The molecular weight excluding hydrogens is 197 g/mol. The number of hydrogen-bond donors (Lipinski definition) is 0. The predicted molar refractivity (Wildman–Crippen MR) is 43.1 cm³/mol. The molecule has 0 aromatic heterocycles. The number of rotatable bonds is 0. The minimum Gasteiger partial charge on any atom is -0.353 e. The SMILES string of the molecule is C=C1C(F)=CN(C)C=C1Br. The van der Waals surface area contributed by atoms with Gasteiger partial charge in [0.1, 0.15) is 5.83 Å². The van der Waals surface area contributed by atoms with Gasteiger partial charge in [-0.15, -0.1) is 0 Å². The first-order valence-electron chi connectivity index (χ1n) is 2.77. The van der Waals surface area contributed by atoms with Gasteiger partial charge < -0.3 is 4.90 Å². The van der Waals surface area contributed by atoms with E-state index >= 15 is 0 Å². The quantitative estimate of drug-likeness (QED) is 0.586. The van der Waals surface area contributed by atoms with Crippen molar-refractivity contribution in [3.05, 3.63) is 34.9 Å². The summed E-state index contributed by atoms with van der Waals surface area (Å²) in [5, 5.41) is 0. The molecule has 0 N–H and O–H groups in total. The molecule has 0 amide bonds. The maximum atomic E-state index is 12.7. The predicted octanol–water partition coefficient (Wildman–Crippen LogP) is 2.54. The van der Waals surface area contributed by atoms with Gasteiger partial charge >= 0.3 is 0 Å². The highest BCUT2D eigenvalue weighted by Gasteiger charge is 2.10. The Bertz CT molecular complexity index is 208. The van der Waals surface area contributed by atoms with Crippen LogP contribution in [0, 0.1) is 0 Å². The maximum Gasteiger partial charge on any atom is 0.147 e. The van der Waals surface area contributed by atoms with Crippen LogP contribution in [0.3, 0.4) is 0 Å². The minimum absolute atomic E-state index is 0.295. The molecular formula is C7H7BrFN. The van der Waals surface area contributed by atoms with Crippen LogP contribution < -0.4 is 0 Å². The third-order valence-corrected chi connectivity index (χ3v) is 1.89. The lowest BCUT2D eigenvalue weighted by atomic mass is 10.2. The molecule has 0 bridgehead atoms. The average Bonchev–Trinajstić information content (AvgIpc) is 1.82. The fourth-order valence-corrected chi connectivity index (χ4v) is 1.18. The summed E-state index contributed by atoms with van der Waals surface area (Å²) in [4.78, 5) is 1.63. The van der Waals surface area contributed by atoms with Crippen LogP contribution in [0.4, 0.5) is 4.39 Å². The molecule has 0 atom stereocenters. The number of halogens is 2. The topological polar surface area (TPSA) is 3.24 Å². The Hall–Kier alpha value is -0.570. The van der Waals surface area contributed by atoms with Gasteiger partial charge in [-0.3, -0.25) is 0 Å². The molecule has 1 aliphatic heterocycles. The molecule has 1 nitrogen and oxygen atoms in total. The van der Waals surface area contributed by atoms with Crippen molar-refractivity contribution < 1.29 is 4.39 Å². The van der Waals surface area contributed by atoms with E-state index in [1.54, 1.807) is 18.1 Å². The van der Waals surface area contributed by atoms with E-state index in [9.17, 15) is 4.39 Å². The van der Waals surface area contributed by atoms with Gasteiger partial charge in [-0.2, -0.15) is 0 Å². The summed E-state index contributed by atoms with van der Waals surface area (Å²) in [6, 6.07) is 0. The summed E-state index contributed by atoms with van der Waals surface area (Å²) < 4.78 is 13.4. The molecule has 1 heterocycles. The maximum absolute atomic E-state index is 12.7. The first kappa shape index (κ1) is 7.54. The van der Waals surface area contributed by atoms with E-state index in [4.69, 9.17) is 0 Å². The number of hydrogen-bond acceptors (Lipinski definition) is 1. The number of allylic oxidation sites excluding steroid dienone is 3. The lowest BCUT2D eigenvalue weighted by Crippen LogP contribution is -2.07. The molecule has 54 valence electrons. The van der Waals surface area contributed by atoms with Crippen molar-refractivity contribution in [3.8, 4) is 0 Å². The zero-order valence-electron chi connectivity index (χ0n) is 5.56. The standard InChI is InChI=1S/C7H7BrFN/c1-5-6(8)3-10(2)4-7(5)9/h3-4H,1H2,2H3. The molecule has 0 aromatic rings. The zero-order chi connectivity index (χ0) is 7.72. The molecule has 0 saturated heterocycles. The molecule has 0 saturated carbocycles. The summed E-state index contributed by atoms with van der Waals surface area (Å²) in [5.74, 6) is -0.295. The summed E-state index contributed by atoms with van der Waals surface area (Å²) in [7, 11) is 1.76. The van der Waals surface area contributed by atoms with Crippen molar-refractivity contribution in [2.45, 2.75) is 0 Å². The van der Waals surface area contributed by atoms with E-state index in [0.29, 0.717) is 10.1 Å². The van der Waals surface area contributed by atoms with Crippen molar-refractivity contribution in [3.63, 3.8) is 0 Å². The molecule has 3 heteroatoms. The van der Waals surface area contributed by atoms with E-state index in [2.05, 4.69) is 22.5 Å². The molecule has 0 aliphatic carbocycles. The Balaban J connectivity index is 2.94. The largest absolute Gasteiger partial charge is 0.353 e. The van der Waals surface area contributed by atoms with Crippen LogP contribution >= 0.6 is 15.9 Å². The monoisotopic (exact) mass is 203 g/mol. The highest BCUT2D eigenvalue weighted by Crippen LogP contribution is 2.27. The average molecular weight is 204 g/mol. The lowest BCUT2D eigenvalue weighted by molar-refractivity contribution is 0.553. The Morgan fingerprint density at radius 2 is 2.20 bits per heavy atom. The van der Waals surface area contributed by atoms with Gasteiger partial charge in [0.15, 0.2) is 0 Å². The molecule has 10 heavy (non-hydrogen) atoms. The summed E-state index contributed by atoms with van der Waals surface area (Å²) in [5.41, 5.74) is 0.401. The molecule has 0 radical (unpaired) electrons. The van der Waals surface area contributed by atoms with Gasteiger partial charge in [0, 0.05) is 29.5 Å². The van der Waals surface area contributed by atoms with Gasteiger partial charge in [0.05, 0.1) is 0 Å². The normalized spacial score (nSPS) is 18.7. The molecule has 0 aromatic carbocycles. The van der Waals surface area contributed by atoms with E-state index < -0.39 is 0 Å². The van der Waals surface area contributed by atoms with Crippen LogP contribution in [0.5, 0.6) is 0 Å². The second-order valence-corrected chi connectivity index (χ2v) is 2.95. The molecule has 0 fully saturated rings. The second kappa shape index (κ2) is 2.58. The molecule has 0 spiro atoms.